The first-order valence-corrected chi connectivity index (χ1v) is 13.5. The molecule has 1 saturated heterocycles. The predicted octanol–water partition coefficient (Wildman–Crippen LogP) is 2.08. The molecular weight excluding hydrogens is 468 g/mol. The van der Waals surface area contributed by atoms with Crippen LogP contribution in [-0.2, 0) is 28.5 Å². The number of carbonyl (C=O) groups is 2. The smallest absolute Gasteiger partial charge is 0.309 e. The fourth-order valence-corrected chi connectivity index (χ4v) is 9.19. The second kappa shape index (κ2) is 8.37. The number of hydrogen-bond donors (Lipinski definition) is 3. The second-order valence-electron chi connectivity index (χ2n) is 12.7. The zero-order valence-corrected chi connectivity index (χ0v) is 22.1. The molecule has 0 amide bonds. The molecule has 0 bridgehead atoms. The lowest BCUT2D eigenvalue weighted by molar-refractivity contribution is -0.401. The van der Waals surface area contributed by atoms with Gasteiger partial charge in [0.2, 0.25) is 0 Å². The van der Waals surface area contributed by atoms with E-state index in [4.69, 9.17) is 18.9 Å². The highest BCUT2D eigenvalue weighted by Crippen LogP contribution is 2.71. The number of aliphatic hydroxyl groups is 3. The van der Waals surface area contributed by atoms with E-state index >= 15 is 0 Å². The van der Waals surface area contributed by atoms with E-state index < -0.39 is 63.9 Å². The molecular formula is C27H42O9. The molecule has 9 heteroatoms. The summed E-state index contributed by atoms with van der Waals surface area (Å²) in [6.45, 7) is 9.11. The number of esters is 2. The minimum absolute atomic E-state index is 0.167. The summed E-state index contributed by atoms with van der Waals surface area (Å²) in [6, 6.07) is 0. The van der Waals surface area contributed by atoms with Crippen molar-refractivity contribution in [1.82, 2.24) is 0 Å². The molecule has 0 aromatic carbocycles. The fourth-order valence-electron chi connectivity index (χ4n) is 9.19. The van der Waals surface area contributed by atoms with E-state index in [9.17, 15) is 24.9 Å². The van der Waals surface area contributed by atoms with Crippen LogP contribution >= 0.6 is 0 Å². The van der Waals surface area contributed by atoms with Crippen LogP contribution in [0.25, 0.3) is 0 Å². The van der Waals surface area contributed by atoms with Crippen LogP contribution in [0.5, 0.6) is 0 Å². The molecule has 5 fully saturated rings. The molecule has 1 aliphatic heterocycles. The molecule has 4 aliphatic carbocycles. The molecule has 0 aromatic rings. The van der Waals surface area contributed by atoms with Gasteiger partial charge in [-0.05, 0) is 58.8 Å². The highest BCUT2D eigenvalue weighted by Gasteiger charge is 2.77. The number of hydrogen-bond acceptors (Lipinski definition) is 9. The monoisotopic (exact) mass is 510 g/mol. The standard InChI is InChI=1S/C27H42O9/c1-6-33-22(30)18-8-10-27(32)17-7-9-25(31)12-16(35-15(2)28)11-20-26(25,14-34-23(3,4)36-20)21(17)19(29)13-24(18,27)5/h16-21,29,31-32H,6-14H2,1-5H3/t16-,17+,18+,19+,20+,21+,24+,25+,26+,27+/m0/s1. The van der Waals surface area contributed by atoms with Crippen molar-refractivity contribution in [2.45, 2.75) is 115 Å². The lowest BCUT2D eigenvalue weighted by Gasteiger charge is -2.70. The van der Waals surface area contributed by atoms with Gasteiger partial charge in [0.1, 0.15) is 6.10 Å². The molecule has 3 N–H and O–H groups in total. The molecule has 1 spiro atoms. The lowest BCUT2D eigenvalue weighted by atomic mass is 9.40. The third-order valence-corrected chi connectivity index (χ3v) is 10.6. The van der Waals surface area contributed by atoms with Crippen molar-refractivity contribution >= 4 is 11.9 Å². The fraction of sp³-hybridized carbons (Fsp3) is 0.926. The Morgan fingerprint density at radius 1 is 1.08 bits per heavy atom. The van der Waals surface area contributed by atoms with E-state index in [-0.39, 0.29) is 37.9 Å². The van der Waals surface area contributed by atoms with Crippen LogP contribution in [0.3, 0.4) is 0 Å². The summed E-state index contributed by atoms with van der Waals surface area (Å²) in [6.07, 6.45) is 0.652. The molecule has 0 radical (unpaired) electrons. The van der Waals surface area contributed by atoms with Crippen molar-refractivity contribution in [3.8, 4) is 0 Å². The normalized spacial score (nSPS) is 51.2. The number of carbonyl (C=O) groups excluding carboxylic acids is 2. The van der Waals surface area contributed by atoms with E-state index in [1.165, 1.54) is 6.92 Å². The van der Waals surface area contributed by atoms with Crippen LogP contribution in [-0.4, -0.2) is 75.8 Å². The van der Waals surface area contributed by atoms with Gasteiger partial charge < -0.3 is 34.3 Å². The Hall–Kier alpha value is -1.26. The van der Waals surface area contributed by atoms with Gasteiger partial charge in [-0.15, -0.1) is 0 Å². The van der Waals surface area contributed by atoms with Crippen LogP contribution in [0.15, 0.2) is 0 Å². The Balaban J connectivity index is 1.57. The van der Waals surface area contributed by atoms with Crippen LogP contribution < -0.4 is 0 Å². The average Bonchev–Trinajstić information content (AvgIpc) is 3.02. The van der Waals surface area contributed by atoms with Gasteiger partial charge in [0, 0.05) is 31.1 Å². The minimum atomic E-state index is -1.31. The van der Waals surface area contributed by atoms with Crippen molar-refractivity contribution in [3.63, 3.8) is 0 Å². The topological polar surface area (TPSA) is 132 Å². The van der Waals surface area contributed by atoms with Gasteiger partial charge in [-0.3, -0.25) is 9.59 Å². The van der Waals surface area contributed by atoms with Gasteiger partial charge in [0.25, 0.3) is 0 Å². The van der Waals surface area contributed by atoms with Crippen LogP contribution in [0.4, 0.5) is 0 Å². The molecule has 1 heterocycles. The van der Waals surface area contributed by atoms with Crippen molar-refractivity contribution < 1.29 is 43.9 Å². The second-order valence-corrected chi connectivity index (χ2v) is 12.7. The first-order chi connectivity index (χ1) is 16.7. The summed E-state index contributed by atoms with van der Waals surface area (Å²) in [4.78, 5) is 24.7. The summed E-state index contributed by atoms with van der Waals surface area (Å²) >= 11 is 0. The highest BCUT2D eigenvalue weighted by molar-refractivity contribution is 5.74. The maximum atomic E-state index is 12.9. The van der Waals surface area contributed by atoms with E-state index in [0.29, 0.717) is 32.1 Å². The van der Waals surface area contributed by atoms with Gasteiger partial charge in [-0.2, -0.15) is 0 Å². The number of aliphatic hydroxyl groups excluding tert-OH is 1. The first-order valence-electron chi connectivity index (χ1n) is 13.5. The van der Waals surface area contributed by atoms with Crippen molar-refractivity contribution in [3.05, 3.63) is 0 Å². The van der Waals surface area contributed by atoms with Crippen LogP contribution in [0, 0.1) is 28.6 Å². The molecule has 0 unspecified atom stereocenters. The minimum Gasteiger partial charge on any atom is -0.466 e. The molecule has 4 saturated carbocycles. The Bertz CT molecular complexity index is 921. The maximum absolute atomic E-state index is 12.9. The summed E-state index contributed by atoms with van der Waals surface area (Å²) in [5.41, 5.74) is -4.33. The van der Waals surface area contributed by atoms with Crippen LogP contribution in [0.1, 0.15) is 79.6 Å². The number of rotatable bonds is 3. The predicted molar refractivity (Wildman–Crippen MR) is 126 cm³/mol. The third kappa shape index (κ3) is 3.45. The number of ether oxygens (including phenoxy) is 4. The van der Waals surface area contributed by atoms with E-state index in [1.54, 1.807) is 6.92 Å². The van der Waals surface area contributed by atoms with E-state index in [1.807, 2.05) is 20.8 Å². The Morgan fingerprint density at radius 3 is 2.47 bits per heavy atom. The Morgan fingerprint density at radius 2 is 1.81 bits per heavy atom. The van der Waals surface area contributed by atoms with E-state index in [2.05, 4.69) is 0 Å². The third-order valence-electron chi connectivity index (χ3n) is 10.6. The molecule has 204 valence electrons. The average molecular weight is 511 g/mol. The summed E-state index contributed by atoms with van der Waals surface area (Å²) in [5, 5.41) is 36.4. The van der Waals surface area contributed by atoms with Gasteiger partial charge in [-0.1, -0.05) is 6.92 Å². The zero-order valence-electron chi connectivity index (χ0n) is 22.1. The molecule has 10 atom stereocenters. The molecule has 0 aromatic heterocycles. The largest absolute Gasteiger partial charge is 0.466 e. The molecule has 36 heavy (non-hydrogen) atoms. The van der Waals surface area contributed by atoms with Gasteiger partial charge >= 0.3 is 11.9 Å². The van der Waals surface area contributed by atoms with E-state index in [0.717, 1.165) is 0 Å². The summed E-state index contributed by atoms with van der Waals surface area (Å²) in [5.74, 6) is -2.99. The quantitative estimate of drug-likeness (QED) is 0.488. The number of fused-ring (bicyclic) bond motifs is 3. The maximum Gasteiger partial charge on any atom is 0.309 e. The molecule has 5 aliphatic rings. The van der Waals surface area contributed by atoms with Crippen LogP contribution in [0.2, 0.25) is 0 Å². The van der Waals surface area contributed by atoms with Crippen molar-refractivity contribution in [2.24, 2.45) is 28.6 Å². The highest BCUT2D eigenvalue weighted by atomic mass is 16.7. The zero-order chi connectivity index (χ0) is 26.3. The van der Waals surface area contributed by atoms with Crippen molar-refractivity contribution in [1.29, 1.82) is 0 Å². The van der Waals surface area contributed by atoms with Gasteiger partial charge in [-0.25, -0.2) is 0 Å². The summed E-state index contributed by atoms with van der Waals surface area (Å²) in [7, 11) is 0. The summed E-state index contributed by atoms with van der Waals surface area (Å²) < 4.78 is 23.5. The Kier molecular flexibility index (Phi) is 6.13. The Labute approximate surface area is 212 Å². The molecule has 9 nitrogen and oxygen atoms in total. The SMILES string of the molecule is CCOC(=O)[C@H]1CC[C@@]2(O)[C@@H]3CC[C@@]4(O)C[C@@H](OC(C)=O)C[C@H]5OC(C)(C)OC[C@]54[C@H]3[C@H](O)C[C@]12C. The van der Waals surface area contributed by atoms with Crippen molar-refractivity contribution in [2.75, 3.05) is 13.2 Å². The van der Waals surface area contributed by atoms with Gasteiger partial charge in [0.15, 0.2) is 5.79 Å². The first kappa shape index (κ1) is 26.4. The molecule has 5 rings (SSSR count). The van der Waals surface area contributed by atoms with Gasteiger partial charge in [0.05, 0.1) is 48.0 Å². The lowest BCUT2D eigenvalue weighted by Crippen LogP contribution is -2.78.